The molecule has 20 aromatic rings. The molecule has 0 bridgehead atoms. The number of hydrogen-bond donors (Lipinski definition) is 6. The number of nitrogens with zero attached hydrogens (tertiary/aromatic N) is 16. The first-order valence-corrected chi connectivity index (χ1v) is 44.9. The number of methoxy groups -OCH3 is 1. The number of rotatable bonds is 20. The van der Waals surface area contributed by atoms with Gasteiger partial charge in [0.1, 0.15) is 84.1 Å². The lowest BCUT2D eigenvalue weighted by Crippen LogP contribution is -2.36. The molecule has 27 nitrogen and oxygen atoms in total. The number of benzene rings is 10. The number of alkyl halides is 3. The van der Waals surface area contributed by atoms with E-state index in [9.17, 15) is 17.6 Å². The molecule has 1 saturated carbocycles. The van der Waals surface area contributed by atoms with Gasteiger partial charge in [0.15, 0.2) is 6.61 Å². The molecule has 2 fully saturated rings. The summed E-state index contributed by atoms with van der Waals surface area (Å²) in [5, 5.41) is 4.00. The number of halogens is 5. The maximum Gasteiger partial charge on any atom is 0.422 e. The summed E-state index contributed by atoms with van der Waals surface area (Å²) in [7, 11) is 1.65. The van der Waals surface area contributed by atoms with Gasteiger partial charge in [0.05, 0.1) is 87.5 Å². The third-order valence-corrected chi connectivity index (χ3v) is 23.4. The van der Waals surface area contributed by atoms with Crippen molar-refractivity contribution in [3.05, 3.63) is 334 Å². The van der Waals surface area contributed by atoms with Gasteiger partial charge < -0.3 is 63.0 Å². The lowest BCUT2D eigenvalue weighted by atomic mass is 9.98. The highest BCUT2D eigenvalue weighted by Crippen LogP contribution is 2.42. The predicted molar refractivity (Wildman–Crippen MR) is 543 cm³/mol. The Kier molecular flexibility index (Phi) is 28.3. The molecule has 0 unspecified atom stereocenters. The number of hydrogen-bond acceptors (Lipinski definition) is 27. The Morgan fingerprint density at radius 3 is 1.12 bits per heavy atom. The molecular formula is C108H89ClF4N22O5. The summed E-state index contributed by atoms with van der Waals surface area (Å²) in [5.74, 6) is 4.27. The highest BCUT2D eigenvalue weighted by molar-refractivity contribution is 6.31. The average Bonchev–Trinajstić information content (AvgIpc) is 1.06. The Bertz CT molecular complexity index is 7900. The zero-order valence-electron chi connectivity index (χ0n) is 75.3. The molecule has 1 aliphatic carbocycles. The van der Waals surface area contributed by atoms with Gasteiger partial charge >= 0.3 is 6.18 Å². The molecule has 140 heavy (non-hydrogen) atoms. The Balaban J connectivity index is 0.000000116. The van der Waals surface area contributed by atoms with Crippen LogP contribution in [0.15, 0.2) is 323 Å². The lowest BCUT2D eigenvalue weighted by molar-refractivity contribution is -0.153. The summed E-state index contributed by atoms with van der Waals surface area (Å²) < 4.78 is 77.9. The number of aromatic nitrogens is 15. The van der Waals surface area contributed by atoms with Gasteiger partial charge in [0.25, 0.3) is 0 Å². The molecule has 2 aliphatic rings. The number of anilines is 7. The van der Waals surface area contributed by atoms with Gasteiger partial charge in [-0.3, -0.25) is 24.9 Å². The third-order valence-electron chi connectivity index (χ3n) is 23.2. The number of pyridine rings is 5. The monoisotopic (exact) mass is 1880 g/mol. The van der Waals surface area contributed by atoms with Gasteiger partial charge in [-0.1, -0.05) is 121 Å². The molecule has 0 amide bonds. The summed E-state index contributed by atoms with van der Waals surface area (Å²) in [6, 6.07) is 84.3. The standard InChI is InChI=1S/C23H21N5O.C23H20N4O.C22H20N4O2.C21H15F3N4O.C19H13ClFN5/c24-23-20-14-16(6-7-21(20)26-15-27-23)19-5-2-8-25-22(19)17-3-1-4-18(13-17)28-9-11-29-12-10-28;24-23-20-12-16(8-9-21(20)26-14-27-23)19-5-2-10-25-22(19)17-3-1-4-18(11-17)28-13-15-6-7-15;1-27-10-11-28-17-5-2-4-16(12-17)21-18(6-3-9-24-21)15-7-8-20-19(13-15)22(23)26-14-25-20;22-21(23,24)11-29-15-4-1-3-14(9-15)19-16(5-2-8-26-19)13-6-7-18-17(10-13)20(25)28-12-27-18;20-14-8-11(4-6-15(14)21)17-12(2-1-7-24-17)10-3-5-13-16(9-10)25-19(23)26-18(13)22/h1-8,13-15H,9-12H2,(H2,24,26,27);1-5,8-12,14-15H,6-7,13H2,(H2,24,26,27);2-9,12-14H,10-11H2,1H3,(H2,23,25,26);1-10,12H,11H2,(H2,25,27,28);1-9H,(H4,22,23,25,26). The van der Waals surface area contributed by atoms with Crippen molar-refractivity contribution in [3.63, 3.8) is 0 Å². The van der Waals surface area contributed by atoms with Crippen molar-refractivity contribution in [2.75, 3.05) is 99.1 Å². The Morgan fingerprint density at radius 2 is 0.721 bits per heavy atom. The van der Waals surface area contributed by atoms with Crippen LogP contribution < -0.4 is 53.5 Å². The van der Waals surface area contributed by atoms with Crippen LogP contribution >= 0.6 is 11.6 Å². The van der Waals surface area contributed by atoms with E-state index in [-0.39, 0.29) is 16.7 Å². The first kappa shape index (κ1) is 93.0. The number of nitrogen functional groups attached to an aromatic ring is 6. The summed E-state index contributed by atoms with van der Waals surface area (Å²) in [6.45, 7) is 3.82. The molecule has 22 rings (SSSR count). The molecule has 0 radical (unpaired) electrons. The number of nitrogens with two attached hydrogens (primary N) is 6. The minimum absolute atomic E-state index is 0.0471. The van der Waals surface area contributed by atoms with E-state index in [2.05, 4.69) is 129 Å². The van der Waals surface area contributed by atoms with Crippen molar-refractivity contribution in [1.29, 1.82) is 0 Å². The molecule has 10 aromatic carbocycles. The summed E-state index contributed by atoms with van der Waals surface area (Å²) in [6.07, 6.45) is 12.7. The smallest absolute Gasteiger partial charge is 0.422 e. The summed E-state index contributed by atoms with van der Waals surface area (Å²) in [4.78, 5) is 66.8. The van der Waals surface area contributed by atoms with Crippen LogP contribution in [0.4, 0.5) is 58.3 Å². The normalized spacial score (nSPS) is 12.3. The second-order valence-electron chi connectivity index (χ2n) is 32.5. The van der Waals surface area contributed by atoms with E-state index in [0.29, 0.717) is 81.2 Å². The van der Waals surface area contributed by atoms with Crippen LogP contribution in [0.1, 0.15) is 12.8 Å². The van der Waals surface area contributed by atoms with E-state index < -0.39 is 18.6 Å². The molecular weight excluding hydrogens is 1800 g/mol. The van der Waals surface area contributed by atoms with Crippen LogP contribution in [0.3, 0.4) is 0 Å². The van der Waals surface area contributed by atoms with E-state index in [0.717, 1.165) is 178 Å². The number of morpholine rings is 1. The maximum absolute atomic E-state index is 13.5. The van der Waals surface area contributed by atoms with Crippen molar-refractivity contribution < 1.29 is 41.2 Å². The summed E-state index contributed by atoms with van der Waals surface area (Å²) in [5.41, 5.74) is 58.7. The van der Waals surface area contributed by atoms with Gasteiger partial charge in [-0.25, -0.2) is 49.2 Å². The molecule has 10 aromatic heterocycles. The van der Waals surface area contributed by atoms with Gasteiger partial charge in [0, 0.05) is 139 Å². The molecule has 1 saturated heterocycles. The van der Waals surface area contributed by atoms with Crippen LogP contribution in [0.25, 0.3) is 166 Å². The highest BCUT2D eigenvalue weighted by atomic mass is 35.5. The highest BCUT2D eigenvalue weighted by Gasteiger charge is 2.29. The lowest BCUT2D eigenvalue weighted by Gasteiger charge is -2.29. The number of ether oxygens (including phenoxy) is 5. The van der Waals surface area contributed by atoms with Crippen molar-refractivity contribution in [2.45, 2.75) is 19.0 Å². The van der Waals surface area contributed by atoms with Gasteiger partial charge in [-0.2, -0.15) is 18.2 Å². The van der Waals surface area contributed by atoms with Gasteiger partial charge in [0.2, 0.25) is 5.95 Å². The maximum atomic E-state index is 13.5. The predicted octanol–water partition coefficient (Wildman–Crippen LogP) is 21.7. The van der Waals surface area contributed by atoms with E-state index in [1.807, 2.05) is 176 Å². The Morgan fingerprint density at radius 1 is 0.350 bits per heavy atom. The van der Waals surface area contributed by atoms with Crippen LogP contribution in [0, 0.1) is 11.7 Å². The Labute approximate surface area is 805 Å². The first-order chi connectivity index (χ1) is 68.3. The number of fused-ring (bicyclic) bond motifs is 5. The average molecular weight is 1890 g/mol. The van der Waals surface area contributed by atoms with Crippen molar-refractivity contribution in [2.24, 2.45) is 5.92 Å². The fourth-order valence-corrected chi connectivity index (χ4v) is 16.3. The van der Waals surface area contributed by atoms with E-state index >= 15 is 0 Å². The van der Waals surface area contributed by atoms with Crippen LogP contribution in [-0.4, -0.2) is 141 Å². The minimum Gasteiger partial charge on any atom is -0.493 e. The molecule has 12 N–H and O–H groups in total. The molecule has 0 spiro atoms. The molecule has 11 heterocycles. The van der Waals surface area contributed by atoms with Gasteiger partial charge in [-0.05, 0) is 204 Å². The topological polar surface area (TPSA) is 399 Å². The van der Waals surface area contributed by atoms with Crippen molar-refractivity contribution in [1.82, 2.24) is 74.8 Å². The SMILES string of the molecule is COCCOc1cccc(-c2ncccc2-c2ccc3ncnc(N)c3c2)c1.Nc1nc(N)c2ccc(-c3cccnc3-c3ccc(F)c(Cl)c3)cc2n1.Nc1ncnc2ccc(-c3cccnc3-c3cccc(N4CCOCC4)c3)cc12.Nc1ncnc2ccc(-c3cccnc3-c3cccc(OCC(F)(F)F)c3)cc12.Nc1ncnc2ccc(-c3cccnc3-c3cccc(OCC4CC4)c3)cc12. The fourth-order valence-electron chi connectivity index (χ4n) is 16.1. The molecule has 696 valence electrons. The van der Waals surface area contributed by atoms with Crippen LogP contribution in [0.5, 0.6) is 17.2 Å². The second kappa shape index (κ2) is 42.7. The summed E-state index contributed by atoms with van der Waals surface area (Å²) >= 11 is 5.93. The quantitative estimate of drug-likeness (QED) is 0.0305. The van der Waals surface area contributed by atoms with E-state index in [4.69, 9.17) is 74.7 Å². The molecule has 1 aliphatic heterocycles. The van der Waals surface area contributed by atoms with E-state index in [1.54, 1.807) is 56.0 Å². The van der Waals surface area contributed by atoms with Crippen molar-refractivity contribution in [3.8, 4) is 129 Å². The molecule has 32 heteroatoms. The van der Waals surface area contributed by atoms with Crippen LogP contribution in [-0.2, 0) is 9.47 Å². The molecule has 0 atom stereocenters. The minimum atomic E-state index is -4.40. The third kappa shape index (κ3) is 22.2. The first-order valence-electron chi connectivity index (χ1n) is 44.5. The zero-order chi connectivity index (χ0) is 96.6. The van der Waals surface area contributed by atoms with Crippen molar-refractivity contribution >= 4 is 107 Å². The fraction of sp³-hybridized carbons (Fsp3) is 0.120. The second-order valence-corrected chi connectivity index (χ2v) is 32.9. The van der Waals surface area contributed by atoms with Gasteiger partial charge in [-0.15, -0.1) is 0 Å². The van der Waals surface area contributed by atoms with E-state index in [1.165, 1.54) is 62.0 Å². The Hall–Kier alpha value is -17.4. The largest absolute Gasteiger partial charge is 0.493 e. The zero-order valence-corrected chi connectivity index (χ0v) is 76.1. The van der Waals surface area contributed by atoms with Crippen LogP contribution in [0.2, 0.25) is 5.02 Å².